The Morgan fingerprint density at radius 2 is 1.80 bits per heavy atom. The van der Waals surface area contributed by atoms with Gasteiger partial charge in [0.1, 0.15) is 28.2 Å². The van der Waals surface area contributed by atoms with Gasteiger partial charge in [-0.25, -0.2) is 9.97 Å². The second-order valence-corrected chi connectivity index (χ2v) is 10.9. The first-order chi connectivity index (χ1) is 19.1. The second-order valence-electron chi connectivity index (χ2n) is 9.84. The molecule has 212 valence electrons. The van der Waals surface area contributed by atoms with E-state index in [1.165, 1.54) is 23.5 Å². The fraction of sp³-hybridized carbons (Fsp3) is 0.407. The summed E-state index contributed by atoms with van der Waals surface area (Å²) in [6.45, 7) is 2.46. The summed E-state index contributed by atoms with van der Waals surface area (Å²) in [4.78, 5) is 18.6. The molecule has 0 saturated heterocycles. The third-order valence-corrected chi connectivity index (χ3v) is 8.14. The van der Waals surface area contributed by atoms with E-state index in [4.69, 9.17) is 9.97 Å². The second kappa shape index (κ2) is 11.5. The van der Waals surface area contributed by atoms with Crippen molar-refractivity contribution in [2.45, 2.75) is 58.1 Å². The maximum absolute atomic E-state index is 12.5. The number of aromatic nitrogens is 4. The van der Waals surface area contributed by atoms with Crippen LogP contribution in [0, 0.1) is 19.8 Å². The minimum absolute atomic E-state index is 0.0636. The lowest BCUT2D eigenvalue weighted by Crippen LogP contribution is -2.35. The molecule has 13 heteroatoms. The van der Waals surface area contributed by atoms with Crippen LogP contribution in [0.2, 0.25) is 0 Å². The first-order valence-corrected chi connectivity index (χ1v) is 13.6. The molecule has 5 N–H and O–H groups in total. The number of thiazole rings is 1. The van der Waals surface area contributed by atoms with E-state index in [1.807, 2.05) is 26.8 Å². The van der Waals surface area contributed by atoms with E-state index in [-0.39, 0.29) is 18.4 Å². The lowest BCUT2D eigenvalue weighted by atomic mass is 10.1. The third kappa shape index (κ3) is 5.68. The highest BCUT2D eigenvalue weighted by atomic mass is 32.1. The quantitative estimate of drug-likeness (QED) is 0.199. The van der Waals surface area contributed by atoms with E-state index in [2.05, 4.69) is 25.3 Å². The van der Waals surface area contributed by atoms with Crippen LogP contribution >= 0.6 is 11.3 Å². The molecule has 0 unspecified atom stereocenters. The fourth-order valence-corrected chi connectivity index (χ4v) is 6.04. The highest BCUT2D eigenvalue weighted by molar-refractivity contribution is 7.21. The summed E-state index contributed by atoms with van der Waals surface area (Å²) in [6.07, 6.45) is -0.101. The van der Waals surface area contributed by atoms with Crippen LogP contribution in [0.15, 0.2) is 36.5 Å². The van der Waals surface area contributed by atoms with Gasteiger partial charge in [0.2, 0.25) is 5.95 Å². The fourth-order valence-electron chi connectivity index (χ4n) is 4.93. The van der Waals surface area contributed by atoms with E-state index in [0.29, 0.717) is 34.5 Å². The Labute approximate surface area is 233 Å². The number of ether oxygens (including phenoxy) is 1. The summed E-state index contributed by atoms with van der Waals surface area (Å²) in [5.74, 6) is 0.315. The number of nitrogens with zero attached hydrogens (tertiary/aromatic N) is 4. The number of hydrogen-bond acceptors (Lipinski definition) is 11. The van der Waals surface area contributed by atoms with Gasteiger partial charge in [-0.3, -0.25) is 4.98 Å². The average molecular weight is 573 g/mol. The van der Waals surface area contributed by atoms with Crippen LogP contribution in [-0.2, 0) is 0 Å². The number of pyridine rings is 1. The lowest BCUT2D eigenvalue weighted by Gasteiger charge is -2.22. The summed E-state index contributed by atoms with van der Waals surface area (Å²) < 4.78 is 30.4. The molecule has 4 aromatic rings. The molecule has 3 aromatic heterocycles. The molecule has 1 aromatic carbocycles. The molecule has 0 bridgehead atoms. The lowest BCUT2D eigenvalue weighted by molar-refractivity contribution is -0.0498. The minimum atomic E-state index is -2.90. The van der Waals surface area contributed by atoms with E-state index in [1.54, 1.807) is 18.3 Å². The number of halogens is 2. The largest absolute Gasteiger partial charge is 0.435 e. The van der Waals surface area contributed by atoms with Gasteiger partial charge in [-0.2, -0.15) is 13.8 Å². The summed E-state index contributed by atoms with van der Waals surface area (Å²) in [6, 6.07) is 7.34. The molecule has 1 fully saturated rings. The van der Waals surface area contributed by atoms with E-state index >= 15 is 0 Å². The van der Waals surface area contributed by atoms with Crippen LogP contribution < -0.4 is 15.4 Å². The van der Waals surface area contributed by atoms with E-state index < -0.39 is 30.8 Å². The van der Waals surface area contributed by atoms with Crippen LogP contribution in [0.1, 0.15) is 36.3 Å². The molecular formula is C27H30F2N6O4S. The van der Waals surface area contributed by atoms with Crippen LogP contribution in [-0.4, -0.2) is 66.7 Å². The summed E-state index contributed by atoms with van der Waals surface area (Å²) >= 11 is 1.47. The molecule has 5 atom stereocenters. The van der Waals surface area contributed by atoms with Gasteiger partial charge in [-0.15, -0.1) is 11.3 Å². The molecule has 0 amide bonds. The van der Waals surface area contributed by atoms with Crippen molar-refractivity contribution in [2.24, 2.45) is 5.92 Å². The van der Waals surface area contributed by atoms with Gasteiger partial charge in [0.25, 0.3) is 0 Å². The van der Waals surface area contributed by atoms with Crippen LogP contribution in [0.25, 0.3) is 20.8 Å². The first-order valence-electron chi connectivity index (χ1n) is 12.8. The topological polar surface area (TPSA) is 146 Å². The van der Waals surface area contributed by atoms with Crippen molar-refractivity contribution in [1.29, 1.82) is 0 Å². The maximum atomic E-state index is 12.5. The Morgan fingerprint density at radius 1 is 1.05 bits per heavy atom. The zero-order valence-electron chi connectivity index (χ0n) is 22.0. The average Bonchev–Trinajstić information content (AvgIpc) is 3.46. The number of aliphatic hydroxyl groups excluding tert-OH is 3. The minimum Gasteiger partial charge on any atom is -0.435 e. The van der Waals surface area contributed by atoms with Crippen molar-refractivity contribution in [3.63, 3.8) is 0 Å². The number of aryl methyl sites for hydroxylation is 2. The van der Waals surface area contributed by atoms with Gasteiger partial charge in [0.15, 0.2) is 0 Å². The number of hydrogen-bond donors (Lipinski definition) is 5. The number of anilines is 2. The highest BCUT2D eigenvalue weighted by Gasteiger charge is 2.41. The zero-order chi connectivity index (χ0) is 28.6. The number of fused-ring (bicyclic) bond motifs is 1. The standard InChI is InChI=1S/C27H30F2N6O4S/c1-12(15-4-6-17(7-5-15)39-26(28)29)31-27-32-13(2)20(25-34-21-14(3)30-9-8-19(21)40-25)24(35-27)33-18-10-16(11-36)22(37)23(18)38/h4-9,12,16,18,22-23,26,36-38H,10-11H2,1-3H3,(H2,31,32,33,35)/t12-,16-,18-,22-,23+/m1/s1. The summed E-state index contributed by atoms with van der Waals surface area (Å²) in [5.41, 5.74) is 3.66. The van der Waals surface area contributed by atoms with Crippen molar-refractivity contribution in [1.82, 2.24) is 19.9 Å². The molecule has 0 spiro atoms. The van der Waals surface area contributed by atoms with Gasteiger partial charge < -0.3 is 30.7 Å². The predicted octanol–water partition coefficient (Wildman–Crippen LogP) is 4.05. The number of nitrogens with one attached hydrogen (secondary N) is 2. The SMILES string of the molecule is Cc1nc(N[C@H](C)c2ccc(OC(F)F)cc2)nc(N[C@@H]2C[C@H](CO)[C@@H](O)[C@H]2O)c1-c1nc2c(C)nccc2s1. The molecule has 10 nitrogen and oxygen atoms in total. The monoisotopic (exact) mass is 572 g/mol. The van der Waals surface area contributed by atoms with Crippen molar-refractivity contribution < 1.29 is 28.8 Å². The van der Waals surface area contributed by atoms with E-state index in [0.717, 1.165) is 21.5 Å². The molecule has 1 aliphatic rings. The Kier molecular flexibility index (Phi) is 8.08. The first kappa shape index (κ1) is 28.0. The number of rotatable bonds is 9. The Bertz CT molecular complexity index is 1490. The molecule has 0 aliphatic heterocycles. The zero-order valence-corrected chi connectivity index (χ0v) is 22.9. The highest BCUT2D eigenvalue weighted by Crippen LogP contribution is 2.38. The van der Waals surface area contributed by atoms with Crippen molar-refractivity contribution in [3.8, 4) is 16.3 Å². The molecular weight excluding hydrogens is 542 g/mol. The third-order valence-electron chi connectivity index (χ3n) is 7.10. The Hall–Kier alpha value is -3.52. The Balaban J connectivity index is 1.49. The molecule has 3 heterocycles. The molecule has 1 saturated carbocycles. The Morgan fingerprint density at radius 3 is 2.45 bits per heavy atom. The van der Waals surface area contributed by atoms with E-state index in [9.17, 15) is 24.1 Å². The van der Waals surface area contributed by atoms with Crippen molar-refractivity contribution >= 4 is 33.3 Å². The van der Waals surface area contributed by atoms with Crippen LogP contribution in [0.5, 0.6) is 5.75 Å². The van der Waals surface area contributed by atoms with Gasteiger partial charge in [0, 0.05) is 18.7 Å². The maximum Gasteiger partial charge on any atom is 0.387 e. The molecule has 40 heavy (non-hydrogen) atoms. The number of benzene rings is 1. The smallest absolute Gasteiger partial charge is 0.387 e. The van der Waals surface area contributed by atoms with Gasteiger partial charge in [-0.05, 0) is 51.0 Å². The molecule has 0 radical (unpaired) electrons. The van der Waals surface area contributed by atoms with Crippen molar-refractivity contribution in [3.05, 3.63) is 53.5 Å². The summed E-state index contributed by atoms with van der Waals surface area (Å²) in [5, 5.41) is 37.9. The molecule has 1 aliphatic carbocycles. The summed E-state index contributed by atoms with van der Waals surface area (Å²) in [7, 11) is 0. The normalized spacial score (nSPS) is 21.6. The number of alkyl halides is 2. The van der Waals surface area contributed by atoms with Crippen LogP contribution in [0.3, 0.4) is 0 Å². The predicted molar refractivity (Wildman–Crippen MR) is 148 cm³/mol. The van der Waals surface area contributed by atoms with Crippen molar-refractivity contribution in [2.75, 3.05) is 17.2 Å². The van der Waals surface area contributed by atoms with Gasteiger partial charge >= 0.3 is 6.61 Å². The van der Waals surface area contributed by atoms with Crippen LogP contribution in [0.4, 0.5) is 20.5 Å². The molecule has 5 rings (SSSR count). The van der Waals surface area contributed by atoms with Gasteiger partial charge in [0.05, 0.1) is 39.8 Å². The number of aliphatic hydroxyl groups is 3. The van der Waals surface area contributed by atoms with Gasteiger partial charge in [-0.1, -0.05) is 12.1 Å².